The predicted octanol–water partition coefficient (Wildman–Crippen LogP) is 2.54. The lowest BCUT2D eigenvalue weighted by molar-refractivity contribution is -0.122. The molecule has 27 heavy (non-hydrogen) atoms. The third kappa shape index (κ3) is 7.71. The Morgan fingerprint density at radius 3 is 2.78 bits per heavy atom. The summed E-state index contributed by atoms with van der Waals surface area (Å²) < 4.78 is 5.84. The third-order valence-corrected chi connectivity index (χ3v) is 5.87. The van der Waals surface area contributed by atoms with E-state index in [1.807, 2.05) is 43.0 Å². The minimum atomic E-state index is -0.113. The molecule has 0 aromatic heterocycles. The van der Waals surface area contributed by atoms with Crippen molar-refractivity contribution in [1.29, 1.82) is 0 Å². The number of likely N-dealkylation sites (N-methyl/N-ethyl adjacent to an activating group) is 1. The molecule has 7 heteroatoms. The number of ether oxygens (including phenoxy) is 1. The fourth-order valence-electron chi connectivity index (χ4n) is 2.89. The summed E-state index contributed by atoms with van der Waals surface area (Å²) in [5, 5.41) is 9.50. The molecule has 0 saturated carbocycles. The van der Waals surface area contributed by atoms with Crippen LogP contribution in [0, 0.1) is 0 Å². The zero-order chi connectivity index (χ0) is 19.5. The molecule has 0 aliphatic carbocycles. The van der Waals surface area contributed by atoms with Crippen LogP contribution in [0.3, 0.4) is 0 Å². The van der Waals surface area contributed by atoms with Gasteiger partial charge in [-0.15, -0.1) is 0 Å². The van der Waals surface area contributed by atoms with Crippen molar-refractivity contribution < 1.29 is 9.53 Å². The Hall–Kier alpha value is -1.89. The van der Waals surface area contributed by atoms with Crippen LogP contribution in [-0.2, 0) is 11.3 Å². The molecule has 1 amide bonds. The highest BCUT2D eigenvalue weighted by atomic mass is 32.2. The van der Waals surface area contributed by atoms with Crippen LogP contribution < -0.4 is 20.7 Å². The van der Waals surface area contributed by atoms with E-state index >= 15 is 0 Å². The third-order valence-electron chi connectivity index (χ3n) is 4.34. The lowest BCUT2D eigenvalue weighted by Crippen LogP contribution is -2.43. The van der Waals surface area contributed by atoms with E-state index in [-0.39, 0.29) is 12.5 Å². The Bertz CT molecular complexity index is 630. The molecule has 1 heterocycles. The number of nitrogens with one attached hydrogen (secondary N) is 3. The number of thioether (sulfide) groups is 1. The van der Waals surface area contributed by atoms with Gasteiger partial charge in [0.25, 0.3) is 5.91 Å². The van der Waals surface area contributed by atoms with Crippen LogP contribution in [0.2, 0.25) is 0 Å². The number of rotatable bonds is 9. The summed E-state index contributed by atoms with van der Waals surface area (Å²) >= 11 is 2.04. The minimum Gasteiger partial charge on any atom is -0.484 e. The van der Waals surface area contributed by atoms with Gasteiger partial charge in [0.05, 0.1) is 6.54 Å². The van der Waals surface area contributed by atoms with E-state index in [1.54, 1.807) is 0 Å². The highest BCUT2D eigenvalue weighted by Crippen LogP contribution is 2.36. The second-order valence-corrected chi connectivity index (χ2v) is 8.52. The number of hydrogen-bond donors (Lipinski definition) is 3. The van der Waals surface area contributed by atoms with Gasteiger partial charge in [0.15, 0.2) is 12.6 Å². The molecule has 0 radical (unpaired) electrons. The highest BCUT2D eigenvalue weighted by Gasteiger charge is 2.29. The van der Waals surface area contributed by atoms with Crippen molar-refractivity contribution in [3.8, 4) is 5.75 Å². The van der Waals surface area contributed by atoms with Crippen LogP contribution in [-0.4, -0.2) is 48.6 Å². The molecule has 1 fully saturated rings. The van der Waals surface area contributed by atoms with Gasteiger partial charge in [-0.25, -0.2) is 4.99 Å². The Kier molecular flexibility index (Phi) is 8.78. The maximum atomic E-state index is 11.5. The summed E-state index contributed by atoms with van der Waals surface area (Å²) in [6, 6.07) is 7.73. The molecular weight excluding hydrogens is 360 g/mol. The first kappa shape index (κ1) is 21.4. The van der Waals surface area contributed by atoms with E-state index < -0.39 is 0 Å². The van der Waals surface area contributed by atoms with Crippen molar-refractivity contribution in [1.82, 2.24) is 16.0 Å². The molecule has 1 aromatic carbocycles. The fraction of sp³-hybridized carbons (Fsp3) is 0.600. The van der Waals surface area contributed by atoms with Gasteiger partial charge in [-0.05, 0) is 57.1 Å². The quantitative estimate of drug-likeness (QED) is 0.445. The zero-order valence-corrected chi connectivity index (χ0v) is 17.5. The standard InChI is InChI=1S/C20H32N4O2S/c1-4-21-18(25)14-26-17-9-6-8-16(12-17)13-23-19(22-5-2)24-15-20(3)10-7-11-27-20/h6,8-9,12H,4-5,7,10-11,13-15H2,1-3H3,(H,21,25)(H2,22,23,24). The van der Waals surface area contributed by atoms with Crippen LogP contribution in [0.5, 0.6) is 5.75 Å². The van der Waals surface area contributed by atoms with Gasteiger partial charge in [-0.3, -0.25) is 4.79 Å². The van der Waals surface area contributed by atoms with Crippen LogP contribution in [0.4, 0.5) is 0 Å². The molecule has 0 bridgehead atoms. The van der Waals surface area contributed by atoms with Crippen molar-refractivity contribution >= 4 is 23.6 Å². The number of nitrogens with zero attached hydrogens (tertiary/aromatic N) is 1. The summed E-state index contributed by atoms with van der Waals surface area (Å²) in [6.45, 7) is 9.20. The Balaban J connectivity index is 1.90. The smallest absolute Gasteiger partial charge is 0.257 e. The number of hydrogen-bond acceptors (Lipinski definition) is 4. The van der Waals surface area contributed by atoms with Gasteiger partial charge in [-0.1, -0.05) is 12.1 Å². The van der Waals surface area contributed by atoms with Crippen molar-refractivity contribution in [2.24, 2.45) is 4.99 Å². The number of amides is 1. The van der Waals surface area contributed by atoms with Crippen molar-refractivity contribution in [3.05, 3.63) is 29.8 Å². The molecule has 150 valence electrons. The Morgan fingerprint density at radius 2 is 2.07 bits per heavy atom. The van der Waals surface area contributed by atoms with E-state index in [4.69, 9.17) is 9.73 Å². The van der Waals surface area contributed by atoms with Gasteiger partial charge in [0.2, 0.25) is 0 Å². The molecule has 6 nitrogen and oxygen atoms in total. The molecule has 1 aliphatic heterocycles. The molecule has 0 spiro atoms. The average Bonchev–Trinajstić information content (AvgIpc) is 3.10. The van der Waals surface area contributed by atoms with Gasteiger partial charge in [0, 0.05) is 24.4 Å². The number of carbonyl (C=O) groups is 1. The van der Waals surface area contributed by atoms with E-state index in [2.05, 4.69) is 29.8 Å². The summed E-state index contributed by atoms with van der Waals surface area (Å²) in [4.78, 5) is 16.2. The van der Waals surface area contributed by atoms with Crippen LogP contribution in [0.15, 0.2) is 29.3 Å². The molecule has 1 unspecified atom stereocenters. The zero-order valence-electron chi connectivity index (χ0n) is 16.6. The maximum Gasteiger partial charge on any atom is 0.257 e. The number of guanidine groups is 1. The largest absolute Gasteiger partial charge is 0.484 e. The average molecular weight is 393 g/mol. The number of benzene rings is 1. The second kappa shape index (κ2) is 11.1. The summed E-state index contributed by atoms with van der Waals surface area (Å²) in [5.74, 6) is 2.65. The van der Waals surface area contributed by atoms with Gasteiger partial charge < -0.3 is 20.7 Å². The lowest BCUT2D eigenvalue weighted by atomic mass is 10.1. The molecule has 1 atom stereocenters. The van der Waals surface area contributed by atoms with Crippen LogP contribution in [0.25, 0.3) is 0 Å². The van der Waals surface area contributed by atoms with E-state index in [9.17, 15) is 4.79 Å². The predicted molar refractivity (Wildman–Crippen MR) is 114 cm³/mol. The van der Waals surface area contributed by atoms with Crippen molar-refractivity contribution in [3.63, 3.8) is 0 Å². The number of aliphatic imine (C=N–C) groups is 1. The van der Waals surface area contributed by atoms with Crippen LogP contribution in [0.1, 0.15) is 39.2 Å². The van der Waals surface area contributed by atoms with Crippen LogP contribution >= 0.6 is 11.8 Å². The monoisotopic (exact) mass is 392 g/mol. The summed E-state index contributed by atoms with van der Waals surface area (Å²) in [7, 11) is 0. The first-order chi connectivity index (χ1) is 13.0. The molecule has 1 aliphatic rings. The first-order valence-electron chi connectivity index (χ1n) is 9.69. The second-order valence-electron chi connectivity index (χ2n) is 6.84. The maximum absolute atomic E-state index is 11.5. The van der Waals surface area contributed by atoms with E-state index in [1.165, 1.54) is 18.6 Å². The van der Waals surface area contributed by atoms with E-state index in [0.29, 0.717) is 23.6 Å². The first-order valence-corrected chi connectivity index (χ1v) is 10.7. The molecule has 1 aromatic rings. The normalized spacial score (nSPS) is 19.6. The van der Waals surface area contributed by atoms with Gasteiger partial charge >= 0.3 is 0 Å². The summed E-state index contributed by atoms with van der Waals surface area (Å²) in [6.07, 6.45) is 2.54. The van der Waals surface area contributed by atoms with Gasteiger partial charge in [-0.2, -0.15) is 11.8 Å². The molecule has 3 N–H and O–H groups in total. The van der Waals surface area contributed by atoms with Gasteiger partial charge in [0.1, 0.15) is 5.75 Å². The molecule has 1 saturated heterocycles. The topological polar surface area (TPSA) is 74.8 Å². The molecule has 2 rings (SSSR count). The fourth-order valence-corrected chi connectivity index (χ4v) is 4.13. The SMILES string of the molecule is CCNC(=O)COc1cccc(CN=C(NCC)NCC2(C)CCCS2)c1. The number of carbonyl (C=O) groups excluding carboxylic acids is 1. The summed E-state index contributed by atoms with van der Waals surface area (Å²) in [5.41, 5.74) is 1.04. The Morgan fingerprint density at radius 1 is 1.26 bits per heavy atom. The minimum absolute atomic E-state index is 0.0288. The Labute approximate surface area is 166 Å². The van der Waals surface area contributed by atoms with Crippen molar-refractivity contribution in [2.45, 2.75) is 44.9 Å². The lowest BCUT2D eigenvalue weighted by Gasteiger charge is -2.24. The van der Waals surface area contributed by atoms with Crippen molar-refractivity contribution in [2.75, 3.05) is 32.0 Å². The van der Waals surface area contributed by atoms with E-state index in [0.717, 1.165) is 24.6 Å². The highest BCUT2D eigenvalue weighted by molar-refractivity contribution is 8.00. The molecular formula is C20H32N4O2S.